The molecule has 8 aromatic rings. The van der Waals surface area contributed by atoms with Crippen molar-refractivity contribution in [3.63, 3.8) is 0 Å². The highest BCUT2D eigenvalue weighted by Gasteiger charge is 2.49. The number of hydrogen-bond acceptors (Lipinski definition) is 2. The first-order chi connectivity index (χ1) is 31.2. The summed E-state index contributed by atoms with van der Waals surface area (Å²) in [5.74, 6) is 0. The second-order valence-corrected chi connectivity index (χ2v) is 29.6. The van der Waals surface area contributed by atoms with Crippen molar-refractivity contribution in [1.82, 2.24) is 0 Å². The minimum absolute atomic E-state index is 0.142. The maximum Gasteiger partial charge on any atom is 0.123 e. The number of hydrogen-bond donors (Lipinski definition) is 0. The van der Waals surface area contributed by atoms with E-state index >= 15 is 0 Å². The van der Waals surface area contributed by atoms with Crippen molar-refractivity contribution < 1.29 is 0 Å². The van der Waals surface area contributed by atoms with E-state index in [9.17, 15) is 0 Å². The summed E-state index contributed by atoms with van der Waals surface area (Å²) < 4.78 is 0. The summed E-state index contributed by atoms with van der Waals surface area (Å²) in [5.41, 5.74) is 19.2. The van der Waals surface area contributed by atoms with E-state index in [0.717, 1.165) is 0 Å². The summed E-state index contributed by atoms with van der Waals surface area (Å²) in [6.07, 6.45) is 5.41. The van der Waals surface area contributed by atoms with Crippen molar-refractivity contribution >= 4 is 81.8 Å². The van der Waals surface area contributed by atoms with Crippen molar-refractivity contribution in [2.75, 3.05) is 9.80 Å². The molecule has 0 radical (unpaired) electrons. The third-order valence-electron chi connectivity index (χ3n) is 17.5. The molecule has 0 saturated carbocycles. The molecule has 0 unspecified atom stereocenters. The first-order valence-electron chi connectivity index (χ1n) is 24.1. The molecular weight excluding hydrogens is 805 g/mol. The van der Waals surface area contributed by atoms with Gasteiger partial charge in [-0.25, -0.2) is 0 Å². The van der Waals surface area contributed by atoms with E-state index in [-0.39, 0.29) is 10.8 Å². The predicted octanol–water partition coefficient (Wildman–Crippen LogP) is 13.7. The van der Waals surface area contributed by atoms with Crippen LogP contribution in [-0.2, 0) is 10.8 Å². The summed E-state index contributed by atoms with van der Waals surface area (Å²) in [5, 5.41) is 9.28. The van der Waals surface area contributed by atoms with Crippen molar-refractivity contribution in [2.45, 2.75) is 88.4 Å². The van der Waals surface area contributed by atoms with Gasteiger partial charge in [-0.15, -0.1) is 0 Å². The molecule has 312 valence electrons. The highest BCUT2D eigenvalue weighted by atomic mass is 28.3. The fourth-order valence-electron chi connectivity index (χ4n) is 14.6. The van der Waals surface area contributed by atoms with Crippen LogP contribution in [0.3, 0.4) is 0 Å². The molecule has 0 amide bonds. The van der Waals surface area contributed by atoms with Gasteiger partial charge < -0.3 is 9.80 Å². The minimum Gasteiger partial charge on any atom is -0.311 e. The molecule has 0 N–H and O–H groups in total. The van der Waals surface area contributed by atoms with Gasteiger partial charge in [-0.3, -0.25) is 0 Å². The van der Waals surface area contributed by atoms with Gasteiger partial charge >= 0.3 is 0 Å². The molecule has 2 aliphatic carbocycles. The van der Waals surface area contributed by atoms with Gasteiger partial charge in [0, 0.05) is 45.0 Å². The number of rotatable bonds is 2. The molecule has 4 heteroatoms. The summed E-state index contributed by atoms with van der Waals surface area (Å²) in [6.45, 7) is 9.81. The molecule has 2 nitrogen and oxygen atoms in total. The van der Waals surface area contributed by atoms with Gasteiger partial charge in [0.1, 0.15) is 16.1 Å². The standard InChI is InChI=1S/C60H54N2Si2/c1-59(2)45-31-29-42-41(57(45)43-27-25-39(37-47(43)59)61-49-17-5-9-21-53(49)63(33-13-14-34-63)54-22-10-6-18-50(54)61)30-32-46-58(42)44-28-26-40(38-48(44)60(46,3)4)62-51-19-7-11-23-55(51)64(35-15-16-36-64)56-24-12-8-20-52(56)62/h5-12,17-32,37-38H,13-16,33-36H2,1-4H3. The number of para-hydroxylation sites is 4. The van der Waals surface area contributed by atoms with E-state index in [2.05, 4.69) is 195 Å². The number of fused-ring (bicyclic) bond motifs is 17. The highest BCUT2D eigenvalue weighted by Crippen LogP contribution is 2.58. The summed E-state index contributed by atoms with van der Waals surface area (Å²) >= 11 is 0. The maximum atomic E-state index is 2.61. The van der Waals surface area contributed by atoms with Crippen molar-refractivity contribution in [3.8, 4) is 22.3 Å². The predicted molar refractivity (Wildman–Crippen MR) is 276 cm³/mol. The smallest absolute Gasteiger partial charge is 0.123 e. The summed E-state index contributed by atoms with van der Waals surface area (Å²) in [4.78, 5) is 5.21. The largest absolute Gasteiger partial charge is 0.311 e. The molecule has 64 heavy (non-hydrogen) atoms. The minimum atomic E-state index is -1.80. The zero-order valence-electron chi connectivity index (χ0n) is 37.6. The molecule has 4 aliphatic heterocycles. The third kappa shape index (κ3) is 4.61. The van der Waals surface area contributed by atoms with E-state index in [1.54, 1.807) is 20.7 Å². The molecule has 14 rings (SSSR count). The zero-order valence-corrected chi connectivity index (χ0v) is 39.6. The number of benzene rings is 8. The van der Waals surface area contributed by atoms with Crippen LogP contribution in [0.1, 0.15) is 75.6 Å². The Bertz CT molecular complexity index is 3010. The second-order valence-electron chi connectivity index (χ2n) is 21.1. The normalized spacial score (nSPS) is 19.2. The number of anilines is 6. The van der Waals surface area contributed by atoms with Crippen LogP contribution in [0.2, 0.25) is 24.2 Å². The van der Waals surface area contributed by atoms with Gasteiger partial charge in [0.15, 0.2) is 0 Å². The van der Waals surface area contributed by atoms with Crippen LogP contribution in [0.5, 0.6) is 0 Å². The van der Waals surface area contributed by atoms with Gasteiger partial charge in [0.05, 0.1) is 0 Å². The Labute approximate surface area is 380 Å². The van der Waals surface area contributed by atoms with Gasteiger partial charge in [-0.1, -0.05) is 163 Å². The first-order valence-corrected chi connectivity index (χ1v) is 28.9. The fourth-order valence-corrected chi connectivity index (χ4v) is 25.6. The molecule has 0 atom stereocenters. The lowest BCUT2D eigenvalue weighted by atomic mass is 9.80. The lowest BCUT2D eigenvalue weighted by Gasteiger charge is -2.43. The maximum absolute atomic E-state index is 2.61. The van der Waals surface area contributed by atoms with E-state index in [0.29, 0.717) is 0 Å². The molecule has 6 aliphatic rings. The molecule has 2 spiro atoms. The Morgan fingerprint density at radius 2 is 0.688 bits per heavy atom. The lowest BCUT2D eigenvalue weighted by molar-refractivity contribution is 0.660. The highest BCUT2D eigenvalue weighted by molar-refractivity contribution is 7.05. The van der Waals surface area contributed by atoms with E-state index in [1.807, 2.05) is 0 Å². The Balaban J connectivity index is 0.905. The van der Waals surface area contributed by atoms with Crippen LogP contribution < -0.4 is 30.5 Å². The topological polar surface area (TPSA) is 6.48 Å². The summed E-state index contributed by atoms with van der Waals surface area (Å²) in [7, 11) is -3.60. The molecule has 0 bridgehead atoms. The van der Waals surface area contributed by atoms with Crippen LogP contribution >= 0.6 is 0 Å². The average molecular weight is 859 g/mol. The third-order valence-corrected chi connectivity index (χ3v) is 28.2. The molecule has 2 fully saturated rings. The second kappa shape index (κ2) is 12.9. The Hall–Kier alpha value is -5.95. The van der Waals surface area contributed by atoms with Crippen LogP contribution in [0.25, 0.3) is 33.0 Å². The van der Waals surface area contributed by atoms with E-state index in [4.69, 9.17) is 0 Å². The van der Waals surface area contributed by atoms with Crippen LogP contribution in [-0.4, -0.2) is 16.1 Å². The fraction of sp³-hybridized carbons (Fsp3) is 0.233. The quantitative estimate of drug-likeness (QED) is 0.160. The van der Waals surface area contributed by atoms with Crippen molar-refractivity contribution in [3.05, 3.63) is 180 Å². The summed E-state index contributed by atoms with van der Waals surface area (Å²) in [6, 6.07) is 67.9. The molecule has 4 heterocycles. The van der Waals surface area contributed by atoms with Crippen LogP contribution in [0.15, 0.2) is 158 Å². The molecular formula is C60H54N2Si2. The van der Waals surface area contributed by atoms with E-state index < -0.39 is 16.1 Å². The van der Waals surface area contributed by atoms with Gasteiger partial charge in [0.25, 0.3) is 0 Å². The van der Waals surface area contributed by atoms with E-state index in [1.165, 1.54) is 139 Å². The lowest BCUT2D eigenvalue weighted by Crippen LogP contribution is -2.60. The van der Waals surface area contributed by atoms with Crippen molar-refractivity contribution in [1.29, 1.82) is 0 Å². The Morgan fingerprint density at radius 1 is 0.359 bits per heavy atom. The Kier molecular flexibility index (Phi) is 7.52. The number of nitrogens with zero attached hydrogens (tertiary/aromatic N) is 2. The molecule has 0 aromatic heterocycles. The first kappa shape index (κ1) is 37.4. The van der Waals surface area contributed by atoms with Crippen molar-refractivity contribution in [2.24, 2.45) is 0 Å². The monoisotopic (exact) mass is 858 g/mol. The van der Waals surface area contributed by atoms with Gasteiger partial charge in [-0.2, -0.15) is 0 Å². The molecule has 8 aromatic carbocycles. The zero-order chi connectivity index (χ0) is 42.7. The Morgan fingerprint density at radius 3 is 1.03 bits per heavy atom. The van der Waals surface area contributed by atoms with Gasteiger partial charge in [-0.05, 0) is 149 Å². The van der Waals surface area contributed by atoms with Crippen LogP contribution in [0, 0.1) is 0 Å². The molecule has 2 saturated heterocycles. The van der Waals surface area contributed by atoms with Gasteiger partial charge in [0.2, 0.25) is 0 Å². The van der Waals surface area contributed by atoms with Crippen LogP contribution in [0.4, 0.5) is 34.1 Å². The SMILES string of the molecule is CC1(C)c2cc(N3c4ccccc4[Si]4(CCCC4)c4ccccc43)ccc2-c2c1ccc1c3c(ccc21)C(C)(C)c1cc(N2c4ccccc4[Si]4(CCCC4)c4ccccc42)ccc1-3. The average Bonchev–Trinajstić information content (AvgIpc) is 4.11.